The number of rotatable bonds is 6. The van der Waals surface area contributed by atoms with Crippen LogP contribution in [0.3, 0.4) is 0 Å². The Morgan fingerprint density at radius 3 is 2.65 bits per heavy atom. The molecule has 0 bridgehead atoms. The van der Waals surface area contributed by atoms with Crippen molar-refractivity contribution in [1.82, 2.24) is 10.2 Å². The van der Waals surface area contributed by atoms with Gasteiger partial charge in [-0.25, -0.2) is 0 Å². The molecule has 0 unspecified atom stereocenters. The first-order chi connectivity index (χ1) is 9.90. The molecule has 1 saturated carbocycles. The van der Waals surface area contributed by atoms with E-state index in [1.807, 2.05) is 0 Å². The minimum absolute atomic E-state index is 0.819. The van der Waals surface area contributed by atoms with Gasteiger partial charge in [-0.15, -0.1) is 0 Å². The predicted molar refractivity (Wildman–Crippen MR) is 81.9 cm³/mol. The molecule has 0 radical (unpaired) electrons. The fourth-order valence-corrected chi connectivity index (χ4v) is 2.73. The van der Waals surface area contributed by atoms with Crippen LogP contribution in [-0.2, 0) is 17.7 Å². The van der Waals surface area contributed by atoms with E-state index < -0.39 is 0 Å². The monoisotopic (exact) mass is 274 g/mol. The normalized spacial score (nSPS) is 20.8. The van der Waals surface area contributed by atoms with Gasteiger partial charge in [0.25, 0.3) is 0 Å². The van der Waals surface area contributed by atoms with Crippen LogP contribution in [0.25, 0.3) is 0 Å². The van der Waals surface area contributed by atoms with Crippen molar-refractivity contribution < 1.29 is 4.74 Å². The Hall–Kier alpha value is -0.900. The first-order valence-corrected chi connectivity index (χ1v) is 8.01. The van der Waals surface area contributed by atoms with Gasteiger partial charge in [-0.3, -0.25) is 4.90 Å². The molecule has 3 nitrogen and oxygen atoms in total. The van der Waals surface area contributed by atoms with Gasteiger partial charge in [0.1, 0.15) is 0 Å². The van der Waals surface area contributed by atoms with Crippen LogP contribution in [-0.4, -0.2) is 43.8 Å². The molecular formula is C17H26N2O. The molecule has 1 aliphatic heterocycles. The minimum atomic E-state index is 0.819. The van der Waals surface area contributed by atoms with Crippen LogP contribution in [0.5, 0.6) is 0 Å². The maximum atomic E-state index is 5.50. The number of hydrogen-bond donors (Lipinski definition) is 1. The zero-order chi connectivity index (χ0) is 13.6. The van der Waals surface area contributed by atoms with Crippen molar-refractivity contribution in [3.8, 4) is 0 Å². The second-order valence-electron chi connectivity index (χ2n) is 6.04. The SMILES string of the molecule is c1cc(CN2CCCOCC2)ccc1CCNC1CC1. The summed E-state index contributed by atoms with van der Waals surface area (Å²) in [5, 5.41) is 3.57. The lowest BCUT2D eigenvalue weighted by molar-refractivity contribution is 0.140. The van der Waals surface area contributed by atoms with E-state index in [4.69, 9.17) is 4.74 Å². The molecule has 0 spiro atoms. The number of hydrogen-bond acceptors (Lipinski definition) is 3. The average Bonchev–Trinajstić information content (AvgIpc) is 3.28. The third-order valence-corrected chi connectivity index (χ3v) is 4.17. The Morgan fingerprint density at radius 1 is 1.05 bits per heavy atom. The molecule has 1 aliphatic carbocycles. The van der Waals surface area contributed by atoms with Crippen LogP contribution in [0, 0.1) is 0 Å². The van der Waals surface area contributed by atoms with Gasteiger partial charge in [-0.05, 0) is 43.4 Å². The quantitative estimate of drug-likeness (QED) is 0.861. The fourth-order valence-electron chi connectivity index (χ4n) is 2.73. The Balaban J connectivity index is 1.44. The van der Waals surface area contributed by atoms with Crippen molar-refractivity contribution in [3.63, 3.8) is 0 Å². The van der Waals surface area contributed by atoms with Crippen molar-refractivity contribution in [1.29, 1.82) is 0 Å². The standard InChI is InChI=1S/C17H26N2O/c1-10-19(11-13-20-12-1)14-16-4-2-15(3-5-16)8-9-18-17-6-7-17/h2-5,17-18H,1,6-14H2. The molecule has 1 saturated heterocycles. The first-order valence-electron chi connectivity index (χ1n) is 8.01. The number of nitrogens with zero attached hydrogens (tertiary/aromatic N) is 1. The van der Waals surface area contributed by atoms with Gasteiger partial charge < -0.3 is 10.1 Å². The zero-order valence-electron chi connectivity index (χ0n) is 12.3. The third kappa shape index (κ3) is 4.58. The molecule has 0 amide bonds. The molecule has 3 heteroatoms. The minimum Gasteiger partial charge on any atom is -0.380 e. The molecule has 0 aromatic heterocycles. The zero-order valence-corrected chi connectivity index (χ0v) is 12.3. The smallest absolute Gasteiger partial charge is 0.0593 e. The molecule has 1 heterocycles. The Labute approximate surface area is 122 Å². The highest BCUT2D eigenvalue weighted by Crippen LogP contribution is 2.18. The highest BCUT2D eigenvalue weighted by Gasteiger charge is 2.19. The van der Waals surface area contributed by atoms with E-state index in [9.17, 15) is 0 Å². The molecule has 0 atom stereocenters. The molecule has 110 valence electrons. The predicted octanol–water partition coefficient (Wildman–Crippen LogP) is 2.20. The van der Waals surface area contributed by atoms with E-state index in [0.29, 0.717) is 0 Å². The summed E-state index contributed by atoms with van der Waals surface area (Å²) >= 11 is 0. The van der Waals surface area contributed by atoms with Gasteiger partial charge in [0, 0.05) is 32.3 Å². The van der Waals surface area contributed by atoms with Gasteiger partial charge in [0.2, 0.25) is 0 Å². The van der Waals surface area contributed by atoms with E-state index in [0.717, 1.165) is 58.3 Å². The summed E-state index contributed by atoms with van der Waals surface area (Å²) in [6.07, 6.45) is 5.05. The van der Waals surface area contributed by atoms with Crippen molar-refractivity contribution in [2.75, 3.05) is 32.8 Å². The maximum Gasteiger partial charge on any atom is 0.0593 e. The molecule has 2 aliphatic rings. The van der Waals surface area contributed by atoms with Crippen molar-refractivity contribution >= 4 is 0 Å². The molecular weight excluding hydrogens is 248 g/mol. The summed E-state index contributed by atoms with van der Waals surface area (Å²) < 4.78 is 5.50. The second kappa shape index (κ2) is 7.21. The highest BCUT2D eigenvalue weighted by atomic mass is 16.5. The third-order valence-electron chi connectivity index (χ3n) is 4.17. The molecule has 1 aromatic carbocycles. The van der Waals surface area contributed by atoms with Crippen molar-refractivity contribution in [3.05, 3.63) is 35.4 Å². The second-order valence-corrected chi connectivity index (χ2v) is 6.04. The van der Waals surface area contributed by atoms with Crippen LogP contribution in [0.4, 0.5) is 0 Å². The first kappa shape index (κ1) is 14.1. The Bertz CT molecular complexity index is 392. The van der Waals surface area contributed by atoms with Crippen LogP contribution in [0.1, 0.15) is 30.4 Å². The van der Waals surface area contributed by atoms with Crippen LogP contribution in [0.15, 0.2) is 24.3 Å². The number of benzene rings is 1. The Morgan fingerprint density at radius 2 is 1.85 bits per heavy atom. The summed E-state index contributed by atoms with van der Waals surface area (Å²) in [5.41, 5.74) is 2.87. The summed E-state index contributed by atoms with van der Waals surface area (Å²) in [4.78, 5) is 2.50. The van der Waals surface area contributed by atoms with E-state index in [-0.39, 0.29) is 0 Å². The lowest BCUT2D eigenvalue weighted by Crippen LogP contribution is -2.25. The lowest BCUT2D eigenvalue weighted by atomic mass is 10.1. The summed E-state index contributed by atoms with van der Waals surface area (Å²) in [6, 6.07) is 9.98. The largest absolute Gasteiger partial charge is 0.380 e. The van der Waals surface area contributed by atoms with E-state index in [1.54, 1.807) is 0 Å². The van der Waals surface area contributed by atoms with Gasteiger partial charge in [-0.1, -0.05) is 24.3 Å². The van der Waals surface area contributed by atoms with Crippen molar-refractivity contribution in [2.24, 2.45) is 0 Å². The summed E-state index contributed by atoms with van der Waals surface area (Å²) in [5.74, 6) is 0. The van der Waals surface area contributed by atoms with Crippen LogP contribution < -0.4 is 5.32 Å². The van der Waals surface area contributed by atoms with Gasteiger partial charge in [-0.2, -0.15) is 0 Å². The van der Waals surface area contributed by atoms with E-state index >= 15 is 0 Å². The molecule has 1 aromatic rings. The van der Waals surface area contributed by atoms with Gasteiger partial charge in [0.05, 0.1) is 6.61 Å². The fraction of sp³-hybridized carbons (Fsp3) is 0.647. The van der Waals surface area contributed by atoms with E-state index in [1.165, 1.54) is 24.0 Å². The summed E-state index contributed by atoms with van der Waals surface area (Å²) in [7, 11) is 0. The van der Waals surface area contributed by atoms with Crippen LogP contribution >= 0.6 is 0 Å². The highest BCUT2D eigenvalue weighted by molar-refractivity contribution is 5.22. The van der Waals surface area contributed by atoms with Gasteiger partial charge in [0.15, 0.2) is 0 Å². The molecule has 1 N–H and O–H groups in total. The van der Waals surface area contributed by atoms with Crippen molar-refractivity contribution in [2.45, 2.75) is 38.3 Å². The topological polar surface area (TPSA) is 24.5 Å². The summed E-state index contributed by atoms with van der Waals surface area (Å²) in [6.45, 7) is 6.20. The molecule has 2 fully saturated rings. The molecule has 3 rings (SSSR count). The average molecular weight is 274 g/mol. The lowest BCUT2D eigenvalue weighted by Gasteiger charge is -2.19. The van der Waals surface area contributed by atoms with Crippen LogP contribution in [0.2, 0.25) is 0 Å². The van der Waals surface area contributed by atoms with Gasteiger partial charge >= 0.3 is 0 Å². The molecule has 20 heavy (non-hydrogen) atoms. The number of ether oxygens (including phenoxy) is 1. The van der Waals surface area contributed by atoms with E-state index in [2.05, 4.69) is 34.5 Å². The number of nitrogens with one attached hydrogen (secondary N) is 1. The Kier molecular flexibility index (Phi) is 5.06. The maximum absolute atomic E-state index is 5.50.